The van der Waals surface area contributed by atoms with Gasteiger partial charge in [-0.05, 0) is 29.3 Å². The van der Waals surface area contributed by atoms with Gasteiger partial charge in [0.25, 0.3) is 5.91 Å². The third kappa shape index (κ3) is 1.73. The minimum absolute atomic E-state index is 0.0200. The van der Waals surface area contributed by atoms with Crippen LogP contribution in [-0.4, -0.2) is 19.1 Å². The molecule has 2 aliphatic heterocycles. The fourth-order valence-electron chi connectivity index (χ4n) is 3.69. The van der Waals surface area contributed by atoms with Crippen LogP contribution in [0.2, 0.25) is 0 Å². The molecule has 0 aliphatic carbocycles. The van der Waals surface area contributed by atoms with Gasteiger partial charge in [-0.25, -0.2) is 4.39 Å². The van der Waals surface area contributed by atoms with Crippen LogP contribution in [0.15, 0.2) is 42.5 Å². The van der Waals surface area contributed by atoms with Crippen molar-refractivity contribution in [1.82, 2.24) is 5.32 Å². The van der Waals surface area contributed by atoms with Crippen LogP contribution in [0.5, 0.6) is 0 Å². The summed E-state index contributed by atoms with van der Waals surface area (Å²) in [6.07, 6.45) is -4.60. The molecule has 0 fully saturated rings. The summed E-state index contributed by atoms with van der Waals surface area (Å²) in [5, 5.41) is 2.45. The average molecular weight is 336 g/mol. The van der Waals surface area contributed by atoms with Gasteiger partial charge in [-0.1, -0.05) is 24.3 Å². The van der Waals surface area contributed by atoms with E-state index in [0.29, 0.717) is 11.3 Å². The Bertz CT molecular complexity index is 864. The van der Waals surface area contributed by atoms with Crippen LogP contribution in [0.1, 0.15) is 22.7 Å². The molecule has 7 heteroatoms. The summed E-state index contributed by atoms with van der Waals surface area (Å²) < 4.78 is 54.3. The van der Waals surface area contributed by atoms with Crippen LogP contribution in [0.25, 0.3) is 0 Å². The Morgan fingerprint density at radius 3 is 2.54 bits per heavy atom. The molecule has 2 atom stereocenters. The maximum absolute atomic E-state index is 13.8. The van der Waals surface area contributed by atoms with Crippen LogP contribution in [-0.2, 0) is 10.3 Å². The fraction of sp³-hybridized carbons (Fsp3) is 0.235. The third-order valence-corrected chi connectivity index (χ3v) is 4.71. The Labute approximate surface area is 134 Å². The summed E-state index contributed by atoms with van der Waals surface area (Å²) in [5.41, 5.74) is -0.915. The summed E-state index contributed by atoms with van der Waals surface area (Å²) >= 11 is 0. The first kappa shape index (κ1) is 15.1. The number of carbonyl (C=O) groups excluding carboxylic acids is 1. The molecule has 2 heterocycles. The highest BCUT2D eigenvalue weighted by atomic mass is 19.4. The number of rotatable bonds is 0. The lowest BCUT2D eigenvalue weighted by molar-refractivity contribution is -0.159. The summed E-state index contributed by atoms with van der Waals surface area (Å²) in [5.74, 6) is -1.24. The van der Waals surface area contributed by atoms with Gasteiger partial charge in [0.1, 0.15) is 11.9 Å². The lowest BCUT2D eigenvalue weighted by atomic mass is 9.84. The van der Waals surface area contributed by atoms with E-state index in [-0.39, 0.29) is 11.1 Å². The normalized spacial score (nSPS) is 25.3. The monoisotopic (exact) mass is 336 g/mol. The number of hydrogen-bond acceptors (Lipinski definition) is 2. The van der Waals surface area contributed by atoms with E-state index in [1.807, 2.05) is 0 Å². The van der Waals surface area contributed by atoms with E-state index in [2.05, 4.69) is 5.32 Å². The second-order valence-corrected chi connectivity index (χ2v) is 5.98. The molecule has 3 nitrogen and oxygen atoms in total. The summed E-state index contributed by atoms with van der Waals surface area (Å²) in [4.78, 5) is 14.2. The van der Waals surface area contributed by atoms with Gasteiger partial charge in [0.2, 0.25) is 0 Å². The van der Waals surface area contributed by atoms with Gasteiger partial charge in [0.15, 0.2) is 5.54 Å². The maximum atomic E-state index is 13.8. The Balaban J connectivity index is 2.04. The highest BCUT2D eigenvalue weighted by Crippen LogP contribution is 2.53. The number of alkyl halides is 3. The van der Waals surface area contributed by atoms with Crippen molar-refractivity contribution in [2.75, 3.05) is 11.9 Å². The number of para-hydroxylation sites is 1. The number of hydrogen-bond donors (Lipinski definition) is 1. The SMILES string of the molecule is CN1C(=O)C2(NC(C(F)(F)F)c3ccc(F)cc32)c2ccccc21. The van der Waals surface area contributed by atoms with Crippen LogP contribution in [0, 0.1) is 5.82 Å². The lowest BCUT2D eigenvalue weighted by Gasteiger charge is -2.26. The van der Waals surface area contributed by atoms with Crippen molar-refractivity contribution in [1.29, 1.82) is 0 Å². The Morgan fingerprint density at radius 1 is 1.12 bits per heavy atom. The molecule has 124 valence electrons. The van der Waals surface area contributed by atoms with E-state index in [1.165, 1.54) is 11.9 Å². The van der Waals surface area contributed by atoms with Gasteiger partial charge >= 0.3 is 6.18 Å². The Morgan fingerprint density at radius 2 is 1.83 bits per heavy atom. The van der Waals surface area contributed by atoms with E-state index in [9.17, 15) is 22.4 Å². The number of carbonyl (C=O) groups is 1. The van der Waals surface area contributed by atoms with Crippen molar-refractivity contribution < 1.29 is 22.4 Å². The molecule has 0 saturated heterocycles. The molecular formula is C17H12F4N2O. The number of anilines is 1. The summed E-state index contributed by atoms with van der Waals surface area (Å²) in [7, 11) is 1.50. The zero-order valence-corrected chi connectivity index (χ0v) is 12.5. The fourth-order valence-corrected chi connectivity index (χ4v) is 3.69. The molecule has 1 spiro atoms. The molecule has 1 N–H and O–H groups in total. The van der Waals surface area contributed by atoms with E-state index in [4.69, 9.17) is 0 Å². The van der Waals surface area contributed by atoms with Gasteiger partial charge in [0.05, 0.1) is 0 Å². The number of nitrogens with zero attached hydrogens (tertiary/aromatic N) is 1. The molecule has 0 radical (unpaired) electrons. The molecule has 24 heavy (non-hydrogen) atoms. The minimum Gasteiger partial charge on any atom is -0.313 e. The molecule has 1 amide bonds. The first-order valence-electron chi connectivity index (χ1n) is 7.29. The van der Waals surface area contributed by atoms with E-state index >= 15 is 0 Å². The van der Waals surface area contributed by atoms with E-state index in [0.717, 1.165) is 18.2 Å². The van der Waals surface area contributed by atoms with Crippen molar-refractivity contribution in [3.8, 4) is 0 Å². The van der Waals surface area contributed by atoms with Gasteiger partial charge in [-0.2, -0.15) is 13.2 Å². The van der Waals surface area contributed by atoms with Crippen LogP contribution < -0.4 is 10.2 Å². The number of amides is 1. The predicted molar refractivity (Wildman–Crippen MR) is 79.0 cm³/mol. The predicted octanol–water partition coefficient (Wildman–Crippen LogP) is 3.25. The van der Waals surface area contributed by atoms with E-state index < -0.39 is 29.5 Å². The third-order valence-electron chi connectivity index (χ3n) is 4.71. The standard InChI is InChI=1S/C17H12F4N2O/c1-23-13-5-3-2-4-11(13)16(15(23)24)12-8-9(18)6-7-10(12)14(22-16)17(19,20)21/h2-8,14,22H,1H3. The molecule has 0 saturated carbocycles. The highest BCUT2D eigenvalue weighted by Gasteiger charge is 2.61. The largest absolute Gasteiger partial charge is 0.407 e. The molecule has 4 rings (SSSR count). The van der Waals surface area contributed by atoms with Crippen LogP contribution in [0.3, 0.4) is 0 Å². The topological polar surface area (TPSA) is 32.3 Å². The molecule has 2 aromatic carbocycles. The Hall–Kier alpha value is -2.41. The minimum atomic E-state index is -4.60. The van der Waals surface area contributed by atoms with Crippen LogP contribution >= 0.6 is 0 Å². The zero-order valence-electron chi connectivity index (χ0n) is 12.5. The molecule has 0 aromatic heterocycles. The first-order chi connectivity index (χ1) is 11.3. The van der Waals surface area contributed by atoms with Gasteiger partial charge < -0.3 is 4.90 Å². The van der Waals surface area contributed by atoms with Crippen molar-refractivity contribution in [2.24, 2.45) is 0 Å². The number of halogens is 4. The van der Waals surface area contributed by atoms with E-state index in [1.54, 1.807) is 24.3 Å². The van der Waals surface area contributed by atoms with Crippen molar-refractivity contribution in [3.63, 3.8) is 0 Å². The second-order valence-electron chi connectivity index (χ2n) is 5.98. The number of fused-ring (bicyclic) bond motifs is 4. The van der Waals surface area contributed by atoms with Crippen molar-refractivity contribution >= 4 is 11.6 Å². The summed E-state index contributed by atoms with van der Waals surface area (Å²) in [6.45, 7) is 0. The Kier molecular flexibility index (Phi) is 2.88. The zero-order chi connectivity index (χ0) is 17.3. The molecule has 0 bridgehead atoms. The maximum Gasteiger partial charge on any atom is 0.407 e. The quantitative estimate of drug-likeness (QED) is 0.749. The molecule has 2 aromatic rings. The smallest absolute Gasteiger partial charge is 0.313 e. The highest BCUT2D eigenvalue weighted by molar-refractivity contribution is 6.10. The van der Waals surface area contributed by atoms with Crippen molar-refractivity contribution in [3.05, 3.63) is 65.0 Å². The van der Waals surface area contributed by atoms with Crippen LogP contribution in [0.4, 0.5) is 23.2 Å². The van der Waals surface area contributed by atoms with Gasteiger partial charge in [0, 0.05) is 18.3 Å². The number of nitrogens with one attached hydrogen (secondary N) is 1. The average Bonchev–Trinajstić information content (AvgIpc) is 2.98. The number of likely N-dealkylation sites (N-methyl/N-ethyl adjacent to an activating group) is 1. The van der Waals surface area contributed by atoms with Crippen molar-refractivity contribution in [2.45, 2.75) is 17.8 Å². The summed E-state index contributed by atoms with van der Waals surface area (Å²) in [6, 6.07) is 7.66. The lowest BCUT2D eigenvalue weighted by Crippen LogP contribution is -2.49. The van der Waals surface area contributed by atoms with Gasteiger partial charge in [-0.3, -0.25) is 10.1 Å². The second kappa shape index (κ2) is 4.57. The molecule has 2 unspecified atom stereocenters. The molecule has 2 aliphatic rings. The molecular weight excluding hydrogens is 324 g/mol. The first-order valence-corrected chi connectivity index (χ1v) is 7.29. The van der Waals surface area contributed by atoms with Gasteiger partial charge in [-0.15, -0.1) is 0 Å². The number of benzene rings is 2.